The SMILES string of the molecule is COc1ccc(NC(=O)CSC2=Nc3ccccc3C3=N[C@@H](CC(=O)NCc4ccc(F)cc4)C(=O)N23)cc1. The van der Waals surface area contributed by atoms with Crippen LogP contribution in [0, 0.1) is 5.82 Å². The van der Waals surface area contributed by atoms with Crippen molar-refractivity contribution >= 4 is 51.9 Å². The number of halogens is 1. The first kappa shape index (κ1) is 26.1. The van der Waals surface area contributed by atoms with E-state index in [0.29, 0.717) is 33.7 Å². The summed E-state index contributed by atoms with van der Waals surface area (Å²) in [5, 5.41) is 5.88. The third kappa shape index (κ3) is 5.99. The van der Waals surface area contributed by atoms with Gasteiger partial charge >= 0.3 is 0 Å². The molecule has 1 atom stereocenters. The van der Waals surface area contributed by atoms with Crippen molar-refractivity contribution in [1.29, 1.82) is 0 Å². The van der Waals surface area contributed by atoms with Crippen LogP contribution in [-0.2, 0) is 20.9 Å². The van der Waals surface area contributed by atoms with E-state index in [1.165, 1.54) is 17.0 Å². The van der Waals surface area contributed by atoms with Crippen LogP contribution in [0.2, 0.25) is 0 Å². The molecule has 3 aromatic rings. The molecule has 2 aliphatic rings. The molecule has 9 nitrogen and oxygen atoms in total. The normalized spacial score (nSPS) is 15.6. The van der Waals surface area contributed by atoms with Crippen molar-refractivity contribution in [1.82, 2.24) is 10.2 Å². The van der Waals surface area contributed by atoms with Crippen LogP contribution in [0.25, 0.3) is 0 Å². The Morgan fingerprint density at radius 3 is 2.51 bits per heavy atom. The van der Waals surface area contributed by atoms with E-state index in [9.17, 15) is 18.8 Å². The number of carbonyl (C=O) groups is 3. The summed E-state index contributed by atoms with van der Waals surface area (Å²) < 4.78 is 18.3. The molecule has 2 N–H and O–H groups in total. The number of methoxy groups -OCH3 is 1. The van der Waals surface area contributed by atoms with Gasteiger partial charge in [0.05, 0.1) is 25.0 Å². The van der Waals surface area contributed by atoms with E-state index < -0.39 is 11.9 Å². The van der Waals surface area contributed by atoms with Gasteiger partial charge in [0, 0.05) is 17.8 Å². The molecule has 3 amide bonds. The van der Waals surface area contributed by atoms with Crippen LogP contribution in [0.3, 0.4) is 0 Å². The summed E-state index contributed by atoms with van der Waals surface area (Å²) in [7, 11) is 1.56. The summed E-state index contributed by atoms with van der Waals surface area (Å²) in [6, 6.07) is 19.1. The van der Waals surface area contributed by atoms with Crippen molar-refractivity contribution in [3.63, 3.8) is 0 Å². The molecule has 5 rings (SSSR count). The predicted octanol–water partition coefficient (Wildman–Crippen LogP) is 3.87. The Morgan fingerprint density at radius 2 is 1.77 bits per heavy atom. The number of amides is 3. The van der Waals surface area contributed by atoms with Gasteiger partial charge in [0.1, 0.15) is 23.4 Å². The van der Waals surface area contributed by atoms with E-state index in [-0.39, 0.29) is 36.4 Å². The smallest absolute Gasteiger partial charge is 0.259 e. The summed E-state index contributed by atoms with van der Waals surface area (Å²) >= 11 is 1.11. The minimum Gasteiger partial charge on any atom is -0.497 e. The van der Waals surface area contributed by atoms with Crippen LogP contribution in [0.1, 0.15) is 17.5 Å². The number of hydrogen-bond donors (Lipinski definition) is 2. The van der Waals surface area contributed by atoms with E-state index in [0.717, 1.165) is 17.3 Å². The molecule has 0 bridgehead atoms. The zero-order chi connectivity index (χ0) is 27.4. The summed E-state index contributed by atoms with van der Waals surface area (Å²) in [5.74, 6) is -0.294. The summed E-state index contributed by atoms with van der Waals surface area (Å²) in [4.78, 5) is 49.2. The lowest BCUT2D eigenvalue weighted by Crippen LogP contribution is -2.42. The number of nitrogens with zero attached hydrogens (tertiary/aromatic N) is 3. The molecule has 0 radical (unpaired) electrons. The molecule has 39 heavy (non-hydrogen) atoms. The lowest BCUT2D eigenvalue weighted by Gasteiger charge is -2.25. The number of anilines is 1. The zero-order valence-corrected chi connectivity index (χ0v) is 21.7. The minimum absolute atomic E-state index is 0.00686. The van der Waals surface area contributed by atoms with Crippen molar-refractivity contribution in [2.24, 2.45) is 9.98 Å². The highest BCUT2D eigenvalue weighted by molar-refractivity contribution is 8.14. The zero-order valence-electron chi connectivity index (χ0n) is 20.9. The van der Waals surface area contributed by atoms with Gasteiger partial charge in [-0.25, -0.2) is 14.3 Å². The molecule has 3 aromatic carbocycles. The molecule has 198 valence electrons. The minimum atomic E-state index is -0.932. The summed E-state index contributed by atoms with van der Waals surface area (Å²) in [6.45, 7) is 0.203. The molecule has 2 aliphatic heterocycles. The number of carbonyl (C=O) groups excluding carboxylic acids is 3. The van der Waals surface area contributed by atoms with Crippen molar-refractivity contribution in [2.75, 3.05) is 18.2 Å². The molecule has 11 heteroatoms. The second kappa shape index (κ2) is 11.5. The van der Waals surface area contributed by atoms with Gasteiger partial charge in [0.2, 0.25) is 11.8 Å². The number of thioether (sulfide) groups is 1. The van der Waals surface area contributed by atoms with E-state index in [1.807, 2.05) is 18.2 Å². The van der Waals surface area contributed by atoms with Crippen LogP contribution in [0.4, 0.5) is 15.8 Å². The highest BCUT2D eigenvalue weighted by atomic mass is 32.2. The van der Waals surface area contributed by atoms with Gasteiger partial charge in [0.15, 0.2) is 5.17 Å². The van der Waals surface area contributed by atoms with Crippen molar-refractivity contribution in [3.05, 3.63) is 89.7 Å². The maximum absolute atomic E-state index is 13.4. The van der Waals surface area contributed by atoms with E-state index in [4.69, 9.17) is 4.74 Å². The van der Waals surface area contributed by atoms with Gasteiger partial charge in [-0.15, -0.1) is 0 Å². The third-order valence-electron chi connectivity index (χ3n) is 6.04. The fourth-order valence-electron chi connectivity index (χ4n) is 4.08. The Kier molecular flexibility index (Phi) is 7.69. The fraction of sp³-hybridized carbons (Fsp3) is 0.179. The topological polar surface area (TPSA) is 112 Å². The first-order chi connectivity index (χ1) is 18.9. The molecule has 0 unspecified atom stereocenters. The second-order valence-corrected chi connectivity index (χ2v) is 9.67. The Labute approximate surface area is 228 Å². The number of nitrogens with one attached hydrogen (secondary N) is 2. The van der Waals surface area contributed by atoms with Gasteiger partial charge in [-0.05, 0) is 54.1 Å². The molecular weight excluding hydrogens is 521 g/mol. The van der Waals surface area contributed by atoms with Gasteiger partial charge in [0.25, 0.3) is 5.91 Å². The molecule has 2 heterocycles. The van der Waals surface area contributed by atoms with E-state index in [2.05, 4.69) is 20.6 Å². The first-order valence-electron chi connectivity index (χ1n) is 12.1. The maximum atomic E-state index is 13.4. The number of hydrogen-bond acceptors (Lipinski definition) is 7. The van der Waals surface area contributed by atoms with Crippen LogP contribution in [-0.4, -0.2) is 52.5 Å². The van der Waals surface area contributed by atoms with Gasteiger partial charge in [-0.1, -0.05) is 36.0 Å². The fourth-order valence-corrected chi connectivity index (χ4v) is 4.88. The quantitative estimate of drug-likeness (QED) is 0.446. The molecule has 0 aliphatic carbocycles. The maximum Gasteiger partial charge on any atom is 0.259 e. The lowest BCUT2D eigenvalue weighted by atomic mass is 10.1. The predicted molar refractivity (Wildman–Crippen MR) is 148 cm³/mol. The van der Waals surface area contributed by atoms with Crippen LogP contribution < -0.4 is 15.4 Å². The van der Waals surface area contributed by atoms with Gasteiger partial charge in [-0.3, -0.25) is 19.4 Å². The number of aliphatic imine (C=N–C) groups is 2. The largest absolute Gasteiger partial charge is 0.497 e. The average Bonchev–Trinajstić information content (AvgIpc) is 3.27. The second-order valence-electron chi connectivity index (χ2n) is 8.73. The number of fused-ring (bicyclic) bond motifs is 3. The molecular formula is C28H24FN5O4S. The highest BCUT2D eigenvalue weighted by Crippen LogP contribution is 2.34. The molecule has 0 spiro atoms. The number of amidine groups is 2. The Hall–Kier alpha value is -4.51. The Balaban J connectivity index is 1.26. The lowest BCUT2D eigenvalue weighted by molar-refractivity contribution is -0.128. The van der Waals surface area contributed by atoms with E-state index >= 15 is 0 Å². The molecule has 0 fully saturated rings. The first-order valence-corrected chi connectivity index (χ1v) is 13.1. The average molecular weight is 546 g/mol. The number of benzene rings is 3. The van der Waals surface area contributed by atoms with Crippen LogP contribution in [0.5, 0.6) is 5.75 Å². The highest BCUT2D eigenvalue weighted by Gasteiger charge is 2.42. The Bertz CT molecular complexity index is 1470. The van der Waals surface area contributed by atoms with Crippen molar-refractivity contribution < 1.29 is 23.5 Å². The third-order valence-corrected chi connectivity index (χ3v) is 6.97. The summed E-state index contributed by atoms with van der Waals surface area (Å²) in [5.41, 5.74) is 2.65. The van der Waals surface area contributed by atoms with Gasteiger partial charge in [-0.2, -0.15) is 0 Å². The summed E-state index contributed by atoms with van der Waals surface area (Å²) in [6.07, 6.45) is -0.155. The van der Waals surface area contributed by atoms with Crippen LogP contribution >= 0.6 is 11.8 Å². The molecule has 0 aromatic heterocycles. The molecule has 0 saturated heterocycles. The molecule has 0 saturated carbocycles. The van der Waals surface area contributed by atoms with Crippen LogP contribution in [0.15, 0.2) is 82.8 Å². The van der Waals surface area contributed by atoms with Gasteiger partial charge < -0.3 is 15.4 Å². The number of ether oxygens (including phenoxy) is 1. The van der Waals surface area contributed by atoms with Crippen molar-refractivity contribution in [3.8, 4) is 5.75 Å². The number of para-hydroxylation sites is 1. The monoisotopic (exact) mass is 545 g/mol. The number of rotatable bonds is 8. The van der Waals surface area contributed by atoms with E-state index in [1.54, 1.807) is 49.6 Å². The Morgan fingerprint density at radius 1 is 1.03 bits per heavy atom. The standard InChI is InChI=1S/C28H24FN5O4S/c1-38-20-12-10-19(11-13-20)31-25(36)16-39-28-33-22-5-3-2-4-21(22)26-32-23(27(37)34(26)28)14-24(35)30-15-17-6-8-18(29)9-7-17/h2-13,23H,14-16H2,1H3,(H,30,35)(H,31,36)/t23-/m0/s1. The van der Waals surface area contributed by atoms with Crippen molar-refractivity contribution in [2.45, 2.75) is 19.0 Å².